The summed E-state index contributed by atoms with van der Waals surface area (Å²) in [4.78, 5) is 38.7. The van der Waals surface area contributed by atoms with Crippen molar-refractivity contribution in [3.63, 3.8) is 0 Å². The molecule has 39 heavy (non-hydrogen) atoms. The van der Waals surface area contributed by atoms with Gasteiger partial charge in [0.25, 0.3) is 5.91 Å². The maximum atomic E-state index is 13.7. The minimum atomic E-state index is -1.06. The van der Waals surface area contributed by atoms with Crippen LogP contribution in [0.4, 0.5) is 4.39 Å². The Morgan fingerprint density at radius 3 is 2.46 bits per heavy atom. The van der Waals surface area contributed by atoms with Gasteiger partial charge in [-0.2, -0.15) is 0 Å². The number of methoxy groups -OCH3 is 1. The van der Waals surface area contributed by atoms with Gasteiger partial charge in [-0.15, -0.1) is 0 Å². The molecular weight excluding hydrogens is 501 g/mol. The van der Waals surface area contributed by atoms with E-state index in [0.29, 0.717) is 17.6 Å². The van der Waals surface area contributed by atoms with Crippen LogP contribution < -0.4 is 10.6 Å². The van der Waals surface area contributed by atoms with Gasteiger partial charge in [0.15, 0.2) is 17.8 Å². The summed E-state index contributed by atoms with van der Waals surface area (Å²) < 4.78 is 18.9. The van der Waals surface area contributed by atoms with Crippen LogP contribution in [0.15, 0.2) is 46.4 Å². The molecule has 3 aliphatic carbocycles. The van der Waals surface area contributed by atoms with Crippen molar-refractivity contribution in [3.05, 3.63) is 46.4 Å². The second-order valence-electron chi connectivity index (χ2n) is 10.9. The monoisotopic (exact) mass is 545 g/mol. The number of amides is 1. The predicted octanol–water partition coefficient (Wildman–Crippen LogP) is 4.05. The lowest BCUT2D eigenvalue weighted by molar-refractivity contribution is -0.125. The predicted molar refractivity (Wildman–Crippen MR) is 148 cm³/mol. The van der Waals surface area contributed by atoms with Crippen LogP contribution >= 0.6 is 0 Å². The number of aliphatic hydroxyl groups excluding tert-OH is 1. The van der Waals surface area contributed by atoms with Crippen LogP contribution in [0, 0.1) is 11.8 Å². The molecule has 4 aliphatic rings. The number of allylic oxidation sites excluding steroid dienone is 3. The van der Waals surface area contributed by atoms with Gasteiger partial charge < -0.3 is 20.1 Å². The number of carbonyl (C=O) groups is 3. The fourth-order valence-corrected chi connectivity index (χ4v) is 5.30. The van der Waals surface area contributed by atoms with E-state index in [1.165, 1.54) is 43.1 Å². The van der Waals surface area contributed by atoms with Crippen molar-refractivity contribution >= 4 is 18.0 Å². The van der Waals surface area contributed by atoms with Gasteiger partial charge in [-0.05, 0) is 55.2 Å². The smallest absolute Gasteiger partial charge is 0.258 e. The molecule has 3 fully saturated rings. The highest BCUT2D eigenvalue weighted by Gasteiger charge is 2.37. The number of hydrogen-bond donors (Lipinski definition) is 3. The number of carbonyl (C=O) groups excluding carboxylic acids is 3. The van der Waals surface area contributed by atoms with Crippen molar-refractivity contribution in [2.75, 3.05) is 27.2 Å². The molecule has 2 saturated carbocycles. The number of likely N-dealkylation sites (N-methyl/N-ethyl adjacent to an activating group) is 1. The van der Waals surface area contributed by atoms with Gasteiger partial charge in [0.2, 0.25) is 0 Å². The van der Waals surface area contributed by atoms with E-state index in [4.69, 9.17) is 4.74 Å². The summed E-state index contributed by atoms with van der Waals surface area (Å²) in [5.74, 6) is -1.39. The average molecular weight is 546 g/mol. The van der Waals surface area contributed by atoms with Crippen molar-refractivity contribution in [3.8, 4) is 0 Å². The summed E-state index contributed by atoms with van der Waals surface area (Å²) in [6, 6.07) is 0. The first-order chi connectivity index (χ1) is 18.7. The number of aliphatic hydroxyl groups is 1. The van der Waals surface area contributed by atoms with E-state index < -0.39 is 17.8 Å². The highest BCUT2D eigenvalue weighted by Crippen LogP contribution is 2.34. The van der Waals surface area contributed by atoms with Crippen molar-refractivity contribution in [1.29, 1.82) is 0 Å². The number of nitrogens with zero attached hydrogens (tertiary/aromatic N) is 1. The third kappa shape index (κ3) is 8.35. The lowest BCUT2D eigenvalue weighted by Crippen LogP contribution is -2.53. The molecule has 1 saturated heterocycles. The maximum absolute atomic E-state index is 13.7. The Bertz CT molecular complexity index is 1020. The van der Waals surface area contributed by atoms with E-state index >= 15 is 0 Å². The zero-order valence-corrected chi connectivity index (χ0v) is 23.7. The molecule has 1 aliphatic heterocycles. The number of ether oxygens (including phenoxy) is 1. The molecule has 0 spiro atoms. The minimum Gasteiger partial charge on any atom is -0.504 e. The minimum absolute atomic E-state index is 0.0747. The standard InChI is InChI=1S/C23H30FN3O4.C7H14O/c1-4-16(21-18(29)10-25-22(26-21)15-6-7-15)20(19(30)12-28)23(31)27(3)11-14-5-8-17(24)13(2)9-14;1-8-7-5-3-2-4-6-7/h5,8-9,12-13,15,17,22,25-26,30H,4,6-7,10-11H2,1-3H3;7H,2-6H2,1H3/b20-19-,21-16-;. The van der Waals surface area contributed by atoms with E-state index in [9.17, 15) is 23.9 Å². The summed E-state index contributed by atoms with van der Waals surface area (Å²) in [7, 11) is 3.36. The van der Waals surface area contributed by atoms with Crippen LogP contribution in [0.2, 0.25) is 0 Å². The number of rotatable bonds is 8. The summed E-state index contributed by atoms with van der Waals surface area (Å²) in [6.07, 6.45) is 13.6. The van der Waals surface area contributed by atoms with Crippen LogP contribution in [-0.2, 0) is 19.1 Å². The lowest BCUT2D eigenvalue weighted by atomic mass is 9.94. The summed E-state index contributed by atoms with van der Waals surface area (Å²) >= 11 is 0. The molecule has 1 amide bonds. The summed E-state index contributed by atoms with van der Waals surface area (Å²) in [5, 5.41) is 16.7. The Kier molecular flexibility index (Phi) is 11.5. The molecule has 1 heterocycles. The maximum Gasteiger partial charge on any atom is 0.258 e. The Morgan fingerprint density at radius 1 is 1.23 bits per heavy atom. The van der Waals surface area contributed by atoms with E-state index in [-0.39, 0.29) is 54.9 Å². The molecule has 0 aromatic heterocycles. The number of hydrogen-bond acceptors (Lipinski definition) is 7. The van der Waals surface area contributed by atoms with Gasteiger partial charge >= 0.3 is 0 Å². The van der Waals surface area contributed by atoms with Gasteiger partial charge in [0.1, 0.15) is 6.17 Å². The molecule has 3 N–H and O–H groups in total. The normalized spacial score (nSPS) is 27.4. The third-order valence-electron chi connectivity index (χ3n) is 7.82. The van der Waals surface area contributed by atoms with E-state index in [2.05, 4.69) is 10.6 Å². The molecule has 9 heteroatoms. The van der Waals surface area contributed by atoms with Crippen molar-refractivity contribution in [1.82, 2.24) is 15.5 Å². The van der Waals surface area contributed by atoms with E-state index in [1.807, 2.05) is 7.11 Å². The van der Waals surface area contributed by atoms with Gasteiger partial charge in [0, 0.05) is 26.6 Å². The molecule has 0 bridgehead atoms. The van der Waals surface area contributed by atoms with Gasteiger partial charge in [0.05, 0.1) is 30.1 Å². The Hall–Kier alpha value is -2.78. The van der Waals surface area contributed by atoms with Crippen LogP contribution in [0.1, 0.15) is 65.2 Å². The Labute approximate surface area is 231 Å². The van der Waals surface area contributed by atoms with Crippen molar-refractivity contribution in [2.45, 2.75) is 83.7 Å². The molecule has 8 nitrogen and oxygen atoms in total. The average Bonchev–Trinajstić information content (AvgIpc) is 3.80. The van der Waals surface area contributed by atoms with E-state index in [0.717, 1.165) is 18.4 Å². The van der Waals surface area contributed by atoms with Gasteiger partial charge in [-0.3, -0.25) is 19.7 Å². The second kappa shape index (κ2) is 14.6. The highest BCUT2D eigenvalue weighted by atomic mass is 19.1. The number of Topliss-reactive ketones (excluding diaryl/α,β-unsaturated/α-hetero) is 1. The van der Waals surface area contributed by atoms with Crippen molar-refractivity contribution < 1.29 is 28.6 Å². The van der Waals surface area contributed by atoms with E-state index in [1.54, 1.807) is 33.0 Å². The topological polar surface area (TPSA) is 108 Å². The summed E-state index contributed by atoms with van der Waals surface area (Å²) in [6.45, 7) is 3.84. The number of alkyl halides is 1. The fraction of sp³-hybridized carbons (Fsp3) is 0.633. The molecular formula is C30H44FN3O5. The molecule has 216 valence electrons. The zero-order valence-electron chi connectivity index (χ0n) is 23.7. The number of halogens is 1. The third-order valence-corrected chi connectivity index (χ3v) is 7.82. The van der Waals surface area contributed by atoms with Gasteiger partial charge in [-0.1, -0.05) is 45.3 Å². The highest BCUT2D eigenvalue weighted by molar-refractivity contribution is 6.06. The van der Waals surface area contributed by atoms with Crippen LogP contribution in [0.3, 0.4) is 0 Å². The molecule has 0 aromatic rings. The number of ketones is 1. The van der Waals surface area contributed by atoms with Crippen LogP contribution in [0.25, 0.3) is 0 Å². The van der Waals surface area contributed by atoms with Gasteiger partial charge in [-0.25, -0.2) is 4.39 Å². The zero-order chi connectivity index (χ0) is 28.5. The molecule has 0 aromatic carbocycles. The molecule has 0 radical (unpaired) electrons. The van der Waals surface area contributed by atoms with Crippen LogP contribution in [-0.4, -0.2) is 73.7 Å². The second-order valence-corrected chi connectivity index (χ2v) is 10.9. The number of nitrogens with one attached hydrogen (secondary N) is 2. The fourth-order valence-electron chi connectivity index (χ4n) is 5.30. The molecule has 3 atom stereocenters. The molecule has 3 unspecified atom stereocenters. The first-order valence-corrected chi connectivity index (χ1v) is 14.2. The summed E-state index contributed by atoms with van der Waals surface area (Å²) in [5.41, 5.74) is 1.18. The SMILES string of the molecule is CCC(=C1/NC(C2CC2)NCC1=O)/C(C(=O)N(C)CC1=CC(C)C(F)C=C1)=C(/O)C=O.COC1CCCCC1. The first kappa shape index (κ1) is 30.8. The quantitative estimate of drug-likeness (QED) is 0.240. The Balaban J connectivity index is 0.000000449. The van der Waals surface area contributed by atoms with Crippen LogP contribution in [0.5, 0.6) is 0 Å². The number of aldehydes is 1. The van der Waals surface area contributed by atoms with Crippen molar-refractivity contribution in [2.24, 2.45) is 11.8 Å². The first-order valence-electron chi connectivity index (χ1n) is 14.2. The Morgan fingerprint density at radius 2 is 1.92 bits per heavy atom. The molecule has 4 rings (SSSR count). The largest absolute Gasteiger partial charge is 0.504 e. The lowest BCUT2D eigenvalue weighted by Gasteiger charge is -2.30.